The van der Waals surface area contributed by atoms with E-state index in [-0.39, 0.29) is 29.0 Å². The molecular weight excluding hydrogens is 238 g/mol. The normalized spacial score (nSPS) is 11.2. The van der Waals surface area contributed by atoms with Gasteiger partial charge in [0.1, 0.15) is 18.4 Å². The minimum Gasteiger partial charge on any atom is -0.502 e. The van der Waals surface area contributed by atoms with Gasteiger partial charge in [0, 0.05) is 0 Å². The third-order valence-electron chi connectivity index (χ3n) is 2.59. The molecule has 3 heterocycles. The molecular formula is C10H9N5O3. The number of aromatic hydroxyl groups is 2. The summed E-state index contributed by atoms with van der Waals surface area (Å²) in [5.74, 6) is -0.222. The molecule has 0 aromatic carbocycles. The lowest BCUT2D eigenvalue weighted by molar-refractivity contribution is 0.404. The van der Waals surface area contributed by atoms with Gasteiger partial charge in [-0.15, -0.1) is 0 Å². The Labute approximate surface area is 100 Å². The highest BCUT2D eigenvalue weighted by Gasteiger charge is 2.20. The predicted molar refractivity (Wildman–Crippen MR) is 61.4 cm³/mol. The van der Waals surface area contributed by atoms with Crippen LogP contribution < -0.4 is 5.73 Å². The van der Waals surface area contributed by atoms with Crippen molar-refractivity contribution in [1.82, 2.24) is 19.5 Å². The molecule has 18 heavy (non-hydrogen) atoms. The zero-order chi connectivity index (χ0) is 12.9. The van der Waals surface area contributed by atoms with Gasteiger partial charge in [0.2, 0.25) is 11.5 Å². The van der Waals surface area contributed by atoms with Crippen LogP contribution in [0, 0.1) is 6.92 Å². The summed E-state index contributed by atoms with van der Waals surface area (Å²) in [6.45, 7) is 1.53. The number of nitrogens with two attached hydrogens (primary N) is 1. The molecule has 3 aromatic rings. The molecule has 0 radical (unpaired) electrons. The second-order valence-corrected chi connectivity index (χ2v) is 3.71. The second kappa shape index (κ2) is 3.36. The lowest BCUT2D eigenvalue weighted by atomic mass is 10.4. The molecule has 0 aliphatic carbocycles. The molecule has 0 saturated heterocycles. The maximum Gasteiger partial charge on any atom is 0.253 e. The Bertz CT molecular complexity index is 745. The van der Waals surface area contributed by atoms with Crippen LogP contribution >= 0.6 is 0 Å². The highest BCUT2D eigenvalue weighted by Crippen LogP contribution is 2.38. The molecule has 0 atom stereocenters. The Kier molecular flexibility index (Phi) is 1.94. The van der Waals surface area contributed by atoms with E-state index in [9.17, 15) is 10.2 Å². The van der Waals surface area contributed by atoms with Gasteiger partial charge >= 0.3 is 0 Å². The fourth-order valence-corrected chi connectivity index (χ4v) is 1.67. The van der Waals surface area contributed by atoms with Gasteiger partial charge in [-0.05, 0) is 6.92 Å². The number of imidazole rings is 1. The van der Waals surface area contributed by atoms with Crippen molar-refractivity contribution in [1.29, 1.82) is 0 Å². The van der Waals surface area contributed by atoms with Crippen molar-refractivity contribution in [3.63, 3.8) is 0 Å². The number of nitrogens with zero attached hydrogens (tertiary/aromatic N) is 4. The van der Waals surface area contributed by atoms with Gasteiger partial charge in [0.15, 0.2) is 17.0 Å². The topological polar surface area (TPSA) is 123 Å². The zero-order valence-electron chi connectivity index (χ0n) is 9.32. The first-order chi connectivity index (χ1) is 8.59. The molecule has 0 unspecified atom stereocenters. The SMILES string of the molecule is Cc1oc(-n2cnc3c(N)ncnc32)c(O)c1O. The Balaban J connectivity index is 2.32. The number of hydrogen-bond acceptors (Lipinski definition) is 7. The molecule has 3 aromatic heterocycles. The van der Waals surface area contributed by atoms with Gasteiger partial charge in [0.25, 0.3) is 5.88 Å². The first-order valence-corrected chi connectivity index (χ1v) is 5.04. The highest BCUT2D eigenvalue weighted by atomic mass is 16.4. The van der Waals surface area contributed by atoms with E-state index >= 15 is 0 Å². The largest absolute Gasteiger partial charge is 0.502 e. The fraction of sp³-hybridized carbons (Fsp3) is 0.100. The summed E-state index contributed by atoms with van der Waals surface area (Å²) in [4.78, 5) is 11.9. The van der Waals surface area contributed by atoms with Gasteiger partial charge in [-0.3, -0.25) is 0 Å². The van der Waals surface area contributed by atoms with Crippen LogP contribution in [-0.4, -0.2) is 29.7 Å². The zero-order valence-corrected chi connectivity index (χ0v) is 9.32. The number of anilines is 1. The number of rotatable bonds is 1. The summed E-state index contributed by atoms with van der Waals surface area (Å²) >= 11 is 0. The van der Waals surface area contributed by atoms with Crippen molar-refractivity contribution in [3.8, 4) is 17.4 Å². The van der Waals surface area contributed by atoms with E-state index in [1.54, 1.807) is 0 Å². The van der Waals surface area contributed by atoms with Crippen LogP contribution in [0.4, 0.5) is 5.82 Å². The minimum atomic E-state index is -0.371. The molecule has 0 spiro atoms. The molecule has 0 aliphatic rings. The summed E-state index contributed by atoms with van der Waals surface area (Å²) in [7, 11) is 0. The maximum absolute atomic E-state index is 9.75. The van der Waals surface area contributed by atoms with E-state index in [0.717, 1.165) is 0 Å². The van der Waals surface area contributed by atoms with Gasteiger partial charge in [-0.1, -0.05) is 0 Å². The smallest absolute Gasteiger partial charge is 0.253 e. The molecule has 8 nitrogen and oxygen atoms in total. The number of nitrogen functional groups attached to an aromatic ring is 1. The minimum absolute atomic E-state index is 0.0330. The molecule has 0 bridgehead atoms. The van der Waals surface area contributed by atoms with Gasteiger partial charge in [-0.25, -0.2) is 19.5 Å². The van der Waals surface area contributed by atoms with Crippen LogP contribution in [0.3, 0.4) is 0 Å². The average Bonchev–Trinajstić information content (AvgIpc) is 2.88. The van der Waals surface area contributed by atoms with E-state index in [2.05, 4.69) is 15.0 Å². The first-order valence-electron chi connectivity index (χ1n) is 5.04. The van der Waals surface area contributed by atoms with E-state index in [1.807, 2.05) is 0 Å². The fourth-order valence-electron chi connectivity index (χ4n) is 1.67. The van der Waals surface area contributed by atoms with Gasteiger partial charge in [0.05, 0.1) is 0 Å². The van der Waals surface area contributed by atoms with Crippen LogP contribution in [0.5, 0.6) is 11.5 Å². The molecule has 92 valence electrons. The molecule has 0 fully saturated rings. The van der Waals surface area contributed by atoms with Crippen molar-refractivity contribution in [3.05, 3.63) is 18.4 Å². The summed E-state index contributed by atoms with van der Waals surface area (Å²) < 4.78 is 6.64. The van der Waals surface area contributed by atoms with Gasteiger partial charge in [-0.2, -0.15) is 0 Å². The van der Waals surface area contributed by atoms with Crippen LogP contribution in [-0.2, 0) is 0 Å². The van der Waals surface area contributed by atoms with Crippen LogP contribution in [0.1, 0.15) is 5.76 Å². The molecule has 4 N–H and O–H groups in total. The molecule has 8 heteroatoms. The monoisotopic (exact) mass is 247 g/mol. The number of fused-ring (bicyclic) bond motifs is 1. The maximum atomic E-state index is 9.75. The number of hydrogen-bond donors (Lipinski definition) is 3. The lowest BCUT2D eigenvalue weighted by Gasteiger charge is -1.99. The quantitative estimate of drug-likeness (QED) is 0.578. The third-order valence-corrected chi connectivity index (χ3v) is 2.59. The Morgan fingerprint density at radius 2 is 2.00 bits per heavy atom. The first kappa shape index (κ1) is 10.4. The standard InChI is InChI=1S/C10H9N5O3/c1-4-6(16)7(17)10(18-4)15-3-14-5-8(11)12-2-13-9(5)15/h2-3,16-17H,1H3,(H2,11,12,13). The van der Waals surface area contributed by atoms with Crippen molar-refractivity contribution in [2.24, 2.45) is 0 Å². The van der Waals surface area contributed by atoms with Crippen molar-refractivity contribution < 1.29 is 14.6 Å². The van der Waals surface area contributed by atoms with Gasteiger partial charge < -0.3 is 20.4 Å². The molecule has 0 aliphatic heterocycles. The van der Waals surface area contributed by atoms with Crippen LogP contribution in [0.25, 0.3) is 17.0 Å². The van der Waals surface area contributed by atoms with E-state index in [1.165, 1.54) is 24.1 Å². The summed E-state index contributed by atoms with van der Waals surface area (Å²) in [6.07, 6.45) is 2.66. The predicted octanol–water partition coefficient (Wildman–Crippen LogP) is 0.710. The van der Waals surface area contributed by atoms with Crippen molar-refractivity contribution in [2.75, 3.05) is 5.73 Å². The molecule has 0 saturated carbocycles. The number of furan rings is 1. The van der Waals surface area contributed by atoms with E-state index in [4.69, 9.17) is 10.2 Å². The molecule has 3 rings (SSSR count). The van der Waals surface area contributed by atoms with Crippen LogP contribution in [0.15, 0.2) is 17.1 Å². The van der Waals surface area contributed by atoms with E-state index in [0.29, 0.717) is 11.2 Å². The number of aryl methyl sites for hydroxylation is 1. The van der Waals surface area contributed by atoms with Crippen molar-refractivity contribution in [2.45, 2.75) is 6.92 Å². The summed E-state index contributed by atoms with van der Waals surface area (Å²) in [5, 5.41) is 19.3. The van der Waals surface area contributed by atoms with Crippen molar-refractivity contribution >= 4 is 17.0 Å². The Hall–Kier alpha value is -2.77. The molecule has 0 amide bonds. The van der Waals surface area contributed by atoms with Crippen LogP contribution in [0.2, 0.25) is 0 Å². The highest BCUT2D eigenvalue weighted by molar-refractivity contribution is 5.82. The Morgan fingerprint density at radius 3 is 2.67 bits per heavy atom. The summed E-state index contributed by atoms with van der Waals surface area (Å²) in [6, 6.07) is 0. The second-order valence-electron chi connectivity index (χ2n) is 3.71. The van der Waals surface area contributed by atoms with E-state index < -0.39 is 0 Å². The lowest BCUT2D eigenvalue weighted by Crippen LogP contribution is -1.96. The number of aromatic nitrogens is 4. The summed E-state index contributed by atoms with van der Waals surface area (Å²) in [5.41, 5.74) is 6.43. The third kappa shape index (κ3) is 1.22. The Morgan fingerprint density at radius 1 is 1.22 bits per heavy atom. The average molecular weight is 247 g/mol.